The summed E-state index contributed by atoms with van der Waals surface area (Å²) in [6, 6.07) is 0. The van der Waals surface area contributed by atoms with Gasteiger partial charge in [0.2, 0.25) is 0 Å². The summed E-state index contributed by atoms with van der Waals surface area (Å²) < 4.78 is 0. The van der Waals surface area contributed by atoms with Gasteiger partial charge in [-0.1, -0.05) is 0 Å². The summed E-state index contributed by atoms with van der Waals surface area (Å²) in [5, 5.41) is 0. The Kier molecular flexibility index (Phi) is 1160. The summed E-state index contributed by atoms with van der Waals surface area (Å²) in [5.74, 6) is 0. The normalized spacial score (nSPS) is 0. The molecule has 11 radical (unpaired) electrons. The summed E-state index contributed by atoms with van der Waals surface area (Å²) in [7, 11) is 0. The molecule has 0 heterocycles. The molecule has 0 rings (SSSR count). The fraction of sp³-hybridized carbons (Fsp3) is 0. The molecule has 0 aliphatic rings. The van der Waals surface area contributed by atoms with Crippen molar-refractivity contribution in [2.24, 2.45) is 0 Å². The molecule has 17 valence electrons. The molecule has 0 unspecified atom stereocenters. The zero-order valence-electron chi connectivity index (χ0n) is 1.97. The summed E-state index contributed by atoms with van der Waals surface area (Å²) in [6.07, 6.45) is 0. The first-order valence-electron chi connectivity index (χ1n) is 0. The van der Waals surface area contributed by atoms with E-state index in [9.17, 15) is 0 Å². The second-order valence-corrected chi connectivity index (χ2v) is 0. The van der Waals surface area contributed by atoms with Crippen LogP contribution in [0.1, 0.15) is 0 Å². The molecule has 0 N–H and O–H groups in total. The molecule has 0 aliphatic heterocycles. The van der Waals surface area contributed by atoms with E-state index in [-0.39, 0.29) is 44.1 Å². The van der Waals surface area contributed by atoms with Gasteiger partial charge in [-0.3, -0.25) is 0 Å². The third kappa shape index (κ3) is 13.8. The Hall–Kier alpha value is 0.826. The summed E-state index contributed by atoms with van der Waals surface area (Å²) in [5.41, 5.74) is 0. The topological polar surface area (TPSA) is 30.5 Å². The minimum absolute atomic E-state index is 0. The van der Waals surface area contributed by atoms with E-state index in [0.29, 0.717) is 0 Å². The smallest absolute Gasteiger partial charge is 0 e. The Morgan fingerprint density at radius 1 is 1.00 bits per heavy atom. The monoisotopic (exact) mass is 104 g/mol. The van der Waals surface area contributed by atoms with Crippen molar-refractivity contribution >= 4 is 19.4 Å². The number of hydrogen-bond donors (Lipinski definition) is 0. The first kappa shape index (κ1) is 104. The van der Waals surface area contributed by atoms with Crippen LogP contribution in [-0.4, -0.2) is 19.4 Å². The molecule has 1 nitrogen and oxygen atoms in total. The average molecular weight is 104 g/mol. The van der Waals surface area contributed by atoms with Gasteiger partial charge < -0.3 is 0 Å². The van der Waals surface area contributed by atoms with Crippen molar-refractivity contribution in [3.8, 4) is 0 Å². The summed E-state index contributed by atoms with van der Waals surface area (Å²) >= 11 is 0. The Morgan fingerprint density at radius 3 is 1.00 bits per heavy atom. The van der Waals surface area contributed by atoms with Crippen molar-refractivity contribution in [3.63, 3.8) is 0 Å². The third-order valence-corrected chi connectivity index (χ3v) is 0. The Labute approximate surface area is 44.6 Å². The van der Waals surface area contributed by atoms with E-state index >= 15 is 0 Å². The molecule has 0 saturated carbocycles. The number of hydrogen-bond acceptors (Lipinski definition) is 0. The van der Waals surface area contributed by atoms with Crippen LogP contribution < -0.4 is 6.15 Å². The minimum atomic E-state index is 0. The minimum Gasteiger partial charge on any atom is 0 e. The van der Waals surface area contributed by atoms with Crippen LogP contribution in [0.5, 0.6) is 0 Å². The van der Waals surface area contributed by atoms with E-state index in [2.05, 4.69) is 0 Å². The molecule has 0 saturated heterocycles. The standard InChI is InChI=1S/B.N.Si.V. The molecule has 4 heteroatoms. The van der Waals surface area contributed by atoms with Crippen molar-refractivity contribution in [2.45, 2.75) is 0 Å². The van der Waals surface area contributed by atoms with Crippen molar-refractivity contribution in [1.29, 1.82) is 0 Å². The fourth-order valence-corrected chi connectivity index (χ4v) is 0. The van der Waals surface area contributed by atoms with E-state index < -0.39 is 0 Å². The zero-order chi connectivity index (χ0) is 0. The van der Waals surface area contributed by atoms with Gasteiger partial charge in [-0.25, -0.2) is 0 Å². The van der Waals surface area contributed by atoms with Crippen LogP contribution in [-0.2, 0) is 18.6 Å². The molecular formula is BNSiV. The maximum Gasteiger partial charge on any atom is 0 e. The Morgan fingerprint density at radius 2 is 1.00 bits per heavy atom. The first-order chi connectivity index (χ1) is 0. The van der Waals surface area contributed by atoms with Gasteiger partial charge in [0.05, 0.1) is 0 Å². The Balaban J connectivity index is 0. The second-order valence-electron chi connectivity index (χ2n) is 0. The van der Waals surface area contributed by atoms with E-state index in [0.717, 1.165) is 0 Å². The fourth-order valence-electron chi connectivity index (χ4n) is 0. The van der Waals surface area contributed by atoms with Crippen LogP contribution in [0.3, 0.4) is 0 Å². The van der Waals surface area contributed by atoms with Gasteiger partial charge in [0.15, 0.2) is 0 Å². The van der Waals surface area contributed by atoms with Crippen LogP contribution in [0.25, 0.3) is 0 Å². The average Bonchev–Trinajstić information content (AvgIpc) is 0. The molecule has 0 spiro atoms. The first-order valence-corrected chi connectivity index (χ1v) is 0. The van der Waals surface area contributed by atoms with Crippen LogP contribution in [0.2, 0.25) is 0 Å². The van der Waals surface area contributed by atoms with Crippen molar-refractivity contribution < 1.29 is 18.6 Å². The van der Waals surface area contributed by atoms with Gasteiger partial charge in [0, 0.05) is 44.1 Å². The molecule has 0 aromatic rings. The van der Waals surface area contributed by atoms with Crippen molar-refractivity contribution in [2.75, 3.05) is 0 Å². The van der Waals surface area contributed by atoms with Crippen LogP contribution >= 0.6 is 0 Å². The largest absolute Gasteiger partial charge is 0 e. The molecule has 0 aliphatic carbocycles. The van der Waals surface area contributed by atoms with Gasteiger partial charge in [0.1, 0.15) is 0 Å². The maximum absolute atomic E-state index is 0. The molecule has 0 bridgehead atoms. The molecular weight excluding hydrogens is 104 g/mol. The van der Waals surface area contributed by atoms with Crippen molar-refractivity contribution in [1.82, 2.24) is 6.15 Å². The molecule has 0 atom stereocenters. The number of nitrogens with zero attached hydrogens (tertiary/aromatic N) is 1. The van der Waals surface area contributed by atoms with Gasteiger partial charge in [-0.2, -0.15) is 0 Å². The summed E-state index contributed by atoms with van der Waals surface area (Å²) in [4.78, 5) is 0. The molecule has 4 heavy (non-hydrogen) atoms. The van der Waals surface area contributed by atoms with Gasteiger partial charge in [-0.15, -0.1) is 0 Å². The predicted molar refractivity (Wildman–Crippen MR) is 13.6 cm³/mol. The summed E-state index contributed by atoms with van der Waals surface area (Å²) in [6.45, 7) is 0. The van der Waals surface area contributed by atoms with E-state index in [4.69, 9.17) is 0 Å². The van der Waals surface area contributed by atoms with E-state index in [1.807, 2.05) is 0 Å². The molecule has 0 aromatic carbocycles. The van der Waals surface area contributed by atoms with Crippen LogP contribution in [0, 0.1) is 0 Å². The SMILES string of the molecule is [B].[N].[Si].[V]. The van der Waals surface area contributed by atoms with Gasteiger partial charge in [-0.05, 0) is 0 Å². The Bertz CT molecular complexity index is 8.00. The van der Waals surface area contributed by atoms with E-state index in [1.165, 1.54) is 0 Å². The molecule has 0 amide bonds. The maximum atomic E-state index is 0. The number of rotatable bonds is 0. The molecule has 0 fully saturated rings. The van der Waals surface area contributed by atoms with Crippen LogP contribution in [0.15, 0.2) is 0 Å². The zero-order valence-corrected chi connectivity index (χ0v) is 4.37. The molecule has 0 aromatic heterocycles. The second kappa shape index (κ2) is 44.8. The van der Waals surface area contributed by atoms with Crippen molar-refractivity contribution in [3.05, 3.63) is 0 Å². The van der Waals surface area contributed by atoms with Gasteiger partial charge >= 0.3 is 0 Å². The quantitative estimate of drug-likeness (QED) is 0.344. The van der Waals surface area contributed by atoms with E-state index in [1.54, 1.807) is 0 Å². The van der Waals surface area contributed by atoms with Crippen LogP contribution in [0.4, 0.5) is 0 Å². The van der Waals surface area contributed by atoms with Gasteiger partial charge in [0.25, 0.3) is 0 Å². The predicted octanol–water partition coefficient (Wildman–Crippen LogP) is -1.24. The third-order valence-electron chi connectivity index (χ3n) is 0.